The lowest BCUT2D eigenvalue weighted by atomic mass is 9.69. The Hall–Kier alpha value is -3.64. The highest BCUT2D eigenvalue weighted by Crippen LogP contribution is 2.45. The molecule has 2 aliphatic rings. The number of oxazole rings is 1. The fraction of sp³-hybridized carbons (Fsp3) is 0.488. The Morgan fingerprint density at radius 2 is 1.53 bits per heavy atom. The van der Waals surface area contributed by atoms with Crippen LogP contribution in [0.25, 0.3) is 0 Å². The van der Waals surface area contributed by atoms with Crippen LogP contribution >= 0.6 is 0 Å². The van der Waals surface area contributed by atoms with E-state index in [-0.39, 0.29) is 17.4 Å². The minimum absolute atomic E-state index is 0.0228. The standard InChI is InChI=1S/C41H53FN4O/c1-29-24-30(2)28-46(27-29)40-37(25-31-12-8-6-9-13-31)44-39(47-40)38(45(5)36-14-10-7-11-15-36)26-32-16-18-33(19-17-32)41(3,43-4)34-20-22-35(42)23-21-34/h6-15,20-23,29-30,32-33,38,43H,16-19,24-28H2,1-5H3. The molecule has 1 saturated heterocycles. The molecule has 47 heavy (non-hydrogen) atoms. The van der Waals surface area contributed by atoms with Crippen molar-refractivity contribution in [3.8, 4) is 0 Å². The Morgan fingerprint density at radius 1 is 0.915 bits per heavy atom. The predicted molar refractivity (Wildman–Crippen MR) is 191 cm³/mol. The van der Waals surface area contributed by atoms with Crippen LogP contribution < -0.4 is 15.1 Å². The molecular formula is C41H53FN4O. The molecule has 6 rings (SSSR count). The molecule has 1 aliphatic carbocycles. The van der Waals surface area contributed by atoms with Crippen LogP contribution in [0.1, 0.15) is 88.0 Å². The van der Waals surface area contributed by atoms with Crippen LogP contribution in [0, 0.1) is 29.5 Å². The Morgan fingerprint density at radius 3 is 2.15 bits per heavy atom. The number of rotatable bonds is 11. The maximum atomic E-state index is 13.8. The van der Waals surface area contributed by atoms with Crippen molar-refractivity contribution in [1.82, 2.24) is 10.3 Å². The number of hydrogen-bond donors (Lipinski definition) is 1. The normalized spacial score (nSPS) is 23.7. The van der Waals surface area contributed by atoms with Gasteiger partial charge < -0.3 is 19.5 Å². The second-order valence-electron chi connectivity index (χ2n) is 14.7. The van der Waals surface area contributed by atoms with Gasteiger partial charge in [0.2, 0.25) is 11.8 Å². The highest BCUT2D eigenvalue weighted by molar-refractivity contribution is 5.49. The van der Waals surface area contributed by atoms with Crippen molar-refractivity contribution in [2.75, 3.05) is 37.0 Å². The summed E-state index contributed by atoms with van der Waals surface area (Å²) in [7, 11) is 4.24. The number of benzene rings is 3. The molecule has 4 aromatic rings. The van der Waals surface area contributed by atoms with Gasteiger partial charge in [-0.2, -0.15) is 0 Å². The van der Waals surface area contributed by atoms with Gasteiger partial charge in [-0.25, -0.2) is 9.37 Å². The van der Waals surface area contributed by atoms with E-state index in [1.165, 1.54) is 17.7 Å². The summed E-state index contributed by atoms with van der Waals surface area (Å²) in [6.07, 6.45) is 7.55. The molecule has 4 atom stereocenters. The molecule has 5 nitrogen and oxygen atoms in total. The van der Waals surface area contributed by atoms with Crippen molar-refractivity contribution < 1.29 is 8.81 Å². The zero-order chi connectivity index (χ0) is 33.0. The molecule has 0 amide bonds. The molecule has 4 unspecified atom stereocenters. The van der Waals surface area contributed by atoms with Crippen LogP contribution in [0.15, 0.2) is 89.3 Å². The van der Waals surface area contributed by atoms with Gasteiger partial charge in [0.1, 0.15) is 17.6 Å². The third kappa shape index (κ3) is 7.59. The van der Waals surface area contributed by atoms with E-state index in [2.05, 4.69) is 104 Å². The monoisotopic (exact) mass is 636 g/mol. The topological polar surface area (TPSA) is 44.5 Å². The number of para-hydroxylation sites is 1. The molecule has 2 fully saturated rings. The molecule has 1 aromatic heterocycles. The summed E-state index contributed by atoms with van der Waals surface area (Å²) in [4.78, 5) is 10.2. The molecule has 1 saturated carbocycles. The zero-order valence-electron chi connectivity index (χ0n) is 29.0. The van der Waals surface area contributed by atoms with Gasteiger partial charge in [-0.15, -0.1) is 0 Å². The first-order valence-corrected chi connectivity index (χ1v) is 17.7. The summed E-state index contributed by atoms with van der Waals surface area (Å²) in [6.45, 7) is 9.00. The van der Waals surface area contributed by atoms with E-state index in [0.29, 0.717) is 23.7 Å². The summed E-state index contributed by atoms with van der Waals surface area (Å²) in [5, 5.41) is 3.61. The highest BCUT2D eigenvalue weighted by Gasteiger charge is 2.39. The third-order valence-corrected chi connectivity index (χ3v) is 11.2. The van der Waals surface area contributed by atoms with E-state index in [1.807, 2.05) is 19.2 Å². The van der Waals surface area contributed by atoms with E-state index in [0.717, 1.165) is 74.6 Å². The summed E-state index contributed by atoms with van der Waals surface area (Å²) < 4.78 is 20.7. The molecule has 250 valence electrons. The Labute approximate surface area is 281 Å². The second-order valence-corrected chi connectivity index (χ2v) is 14.7. The highest BCUT2D eigenvalue weighted by atomic mass is 19.1. The number of hydrogen-bond acceptors (Lipinski definition) is 5. The van der Waals surface area contributed by atoms with Gasteiger partial charge in [0.25, 0.3) is 0 Å². The van der Waals surface area contributed by atoms with Gasteiger partial charge in [-0.05, 0) is 98.7 Å². The van der Waals surface area contributed by atoms with E-state index in [4.69, 9.17) is 9.40 Å². The summed E-state index contributed by atoms with van der Waals surface area (Å²) in [5.74, 6) is 3.88. The zero-order valence-corrected chi connectivity index (χ0v) is 29.0. The van der Waals surface area contributed by atoms with Crippen LogP contribution in [0.3, 0.4) is 0 Å². The van der Waals surface area contributed by atoms with E-state index in [9.17, 15) is 4.39 Å². The maximum absolute atomic E-state index is 13.8. The van der Waals surface area contributed by atoms with Crippen molar-refractivity contribution in [2.24, 2.45) is 23.7 Å². The molecule has 6 heteroatoms. The summed E-state index contributed by atoms with van der Waals surface area (Å²) in [5.41, 5.74) is 4.45. The van der Waals surface area contributed by atoms with Gasteiger partial charge in [-0.3, -0.25) is 0 Å². The van der Waals surface area contributed by atoms with Crippen molar-refractivity contribution in [1.29, 1.82) is 0 Å². The SMILES string of the molecule is CNC(C)(c1ccc(F)cc1)C1CCC(CC(c2nc(Cc3ccccc3)c(N3CC(C)CC(C)C3)o2)N(C)c2ccccc2)CC1. The first kappa shape index (κ1) is 33.3. The molecule has 1 N–H and O–H groups in total. The fourth-order valence-electron chi connectivity index (χ4n) is 8.42. The minimum atomic E-state index is -0.189. The lowest BCUT2D eigenvalue weighted by Crippen LogP contribution is -2.45. The first-order chi connectivity index (χ1) is 22.7. The maximum Gasteiger partial charge on any atom is 0.220 e. The summed E-state index contributed by atoms with van der Waals surface area (Å²) >= 11 is 0. The Bertz CT molecular complexity index is 1540. The van der Waals surface area contributed by atoms with Gasteiger partial charge >= 0.3 is 0 Å². The van der Waals surface area contributed by atoms with Crippen LogP contribution in [-0.2, 0) is 12.0 Å². The van der Waals surface area contributed by atoms with Crippen molar-refractivity contribution in [3.05, 3.63) is 113 Å². The van der Waals surface area contributed by atoms with Gasteiger partial charge in [-0.1, -0.05) is 87.4 Å². The predicted octanol–water partition coefficient (Wildman–Crippen LogP) is 9.40. The van der Waals surface area contributed by atoms with Gasteiger partial charge in [0.15, 0.2) is 0 Å². The van der Waals surface area contributed by atoms with E-state index in [1.54, 1.807) is 12.1 Å². The number of nitrogens with zero attached hydrogens (tertiary/aromatic N) is 3. The average molecular weight is 637 g/mol. The summed E-state index contributed by atoms with van der Waals surface area (Å²) in [6, 6.07) is 28.4. The molecule has 0 bridgehead atoms. The Balaban J connectivity index is 1.28. The molecular weight excluding hydrogens is 583 g/mol. The largest absolute Gasteiger partial charge is 0.423 e. The smallest absolute Gasteiger partial charge is 0.220 e. The van der Waals surface area contributed by atoms with Gasteiger partial charge in [0.05, 0.1) is 0 Å². The molecule has 0 spiro atoms. The number of halogens is 1. The second kappa shape index (κ2) is 14.6. The van der Waals surface area contributed by atoms with Crippen LogP contribution in [0.4, 0.5) is 16.0 Å². The number of nitrogens with one attached hydrogen (secondary N) is 1. The number of aromatic nitrogens is 1. The first-order valence-electron chi connectivity index (χ1n) is 17.7. The van der Waals surface area contributed by atoms with E-state index >= 15 is 0 Å². The average Bonchev–Trinajstić information content (AvgIpc) is 3.51. The molecule has 3 aromatic carbocycles. The van der Waals surface area contributed by atoms with Gasteiger partial charge in [0, 0.05) is 37.8 Å². The Kier molecular flexibility index (Phi) is 10.4. The fourth-order valence-corrected chi connectivity index (χ4v) is 8.42. The van der Waals surface area contributed by atoms with Crippen LogP contribution in [-0.4, -0.2) is 32.2 Å². The quantitative estimate of drug-likeness (QED) is 0.178. The minimum Gasteiger partial charge on any atom is -0.423 e. The lowest BCUT2D eigenvalue weighted by molar-refractivity contribution is 0.149. The molecule has 1 aliphatic heterocycles. The number of anilines is 2. The van der Waals surface area contributed by atoms with Crippen molar-refractivity contribution in [2.45, 2.75) is 77.3 Å². The van der Waals surface area contributed by atoms with E-state index < -0.39 is 0 Å². The number of piperidine rings is 1. The lowest BCUT2D eigenvalue weighted by Gasteiger charge is -2.43. The van der Waals surface area contributed by atoms with Crippen molar-refractivity contribution in [3.63, 3.8) is 0 Å². The molecule has 0 radical (unpaired) electrons. The third-order valence-electron chi connectivity index (χ3n) is 11.2. The van der Waals surface area contributed by atoms with Crippen molar-refractivity contribution >= 4 is 11.6 Å². The van der Waals surface area contributed by atoms with Crippen LogP contribution in [0.5, 0.6) is 0 Å². The van der Waals surface area contributed by atoms with Crippen LogP contribution in [0.2, 0.25) is 0 Å². The molecule has 2 heterocycles.